The number of carbonyl (C=O) groups excluding carboxylic acids is 1. The number of ether oxygens (including phenoxy) is 1. The first-order valence-corrected chi connectivity index (χ1v) is 10.2. The van der Waals surface area contributed by atoms with Gasteiger partial charge in [0.2, 0.25) is 0 Å². The summed E-state index contributed by atoms with van der Waals surface area (Å²) in [5.74, 6) is 0.949. The third kappa shape index (κ3) is 3.60. The number of methoxy groups -OCH3 is 1. The molecule has 3 aromatic rings. The maximum atomic E-state index is 13.1. The van der Waals surface area contributed by atoms with E-state index in [1.54, 1.807) is 7.11 Å². The Kier molecular flexibility index (Phi) is 5.30. The van der Waals surface area contributed by atoms with Gasteiger partial charge in [0, 0.05) is 31.7 Å². The Balaban J connectivity index is 1.47. The standard InChI is InChI=1S/C22H23N3O2S/c1-16-20(28-21(23-16)17-8-4-3-5-9-17)22(26)25-14-12-24(13-15-25)18-10-6-7-11-19(18)27-2/h3-11H,12-15H2,1-2H3. The fourth-order valence-corrected chi connectivity index (χ4v) is 4.52. The van der Waals surface area contributed by atoms with Crippen molar-refractivity contribution in [2.75, 3.05) is 38.2 Å². The van der Waals surface area contributed by atoms with Crippen LogP contribution in [0.2, 0.25) is 0 Å². The van der Waals surface area contributed by atoms with Crippen LogP contribution in [0.3, 0.4) is 0 Å². The number of hydrogen-bond acceptors (Lipinski definition) is 5. The molecule has 1 saturated heterocycles. The minimum atomic E-state index is 0.0804. The lowest BCUT2D eigenvalue weighted by Gasteiger charge is -2.36. The largest absolute Gasteiger partial charge is 0.495 e. The van der Waals surface area contributed by atoms with Crippen LogP contribution in [0, 0.1) is 6.92 Å². The smallest absolute Gasteiger partial charge is 0.265 e. The van der Waals surface area contributed by atoms with Crippen molar-refractivity contribution in [1.82, 2.24) is 9.88 Å². The number of aryl methyl sites for hydroxylation is 1. The predicted octanol–water partition coefficient (Wildman–Crippen LogP) is 4.09. The summed E-state index contributed by atoms with van der Waals surface area (Å²) in [4.78, 5) is 22.7. The van der Waals surface area contributed by atoms with E-state index in [2.05, 4.69) is 16.0 Å². The van der Waals surface area contributed by atoms with E-state index in [1.165, 1.54) is 11.3 Å². The van der Waals surface area contributed by atoms with Crippen molar-refractivity contribution in [3.05, 3.63) is 65.2 Å². The van der Waals surface area contributed by atoms with Gasteiger partial charge in [-0.15, -0.1) is 11.3 Å². The number of amides is 1. The number of hydrogen-bond donors (Lipinski definition) is 0. The molecule has 0 unspecified atom stereocenters. The highest BCUT2D eigenvalue weighted by Gasteiger charge is 2.26. The topological polar surface area (TPSA) is 45.7 Å². The number of carbonyl (C=O) groups is 1. The third-order valence-electron chi connectivity index (χ3n) is 5.00. The van der Waals surface area contributed by atoms with Gasteiger partial charge in [-0.3, -0.25) is 4.79 Å². The summed E-state index contributed by atoms with van der Waals surface area (Å²) >= 11 is 1.48. The van der Waals surface area contributed by atoms with Gasteiger partial charge in [-0.2, -0.15) is 0 Å². The summed E-state index contributed by atoms with van der Waals surface area (Å²) < 4.78 is 5.47. The SMILES string of the molecule is COc1ccccc1N1CCN(C(=O)c2sc(-c3ccccc3)nc2C)CC1. The maximum Gasteiger partial charge on any atom is 0.265 e. The Labute approximate surface area is 169 Å². The first-order valence-electron chi connectivity index (χ1n) is 9.37. The highest BCUT2D eigenvalue weighted by Crippen LogP contribution is 2.31. The predicted molar refractivity (Wildman–Crippen MR) is 113 cm³/mol. The molecule has 6 heteroatoms. The Morgan fingerprint density at radius 3 is 2.39 bits per heavy atom. The van der Waals surface area contributed by atoms with Crippen LogP contribution in [0.5, 0.6) is 5.75 Å². The molecular weight excluding hydrogens is 370 g/mol. The fraction of sp³-hybridized carbons (Fsp3) is 0.273. The van der Waals surface area contributed by atoms with E-state index in [0.29, 0.717) is 13.1 Å². The van der Waals surface area contributed by atoms with E-state index in [0.717, 1.165) is 45.7 Å². The average Bonchev–Trinajstić information content (AvgIpc) is 3.15. The molecule has 144 valence electrons. The molecule has 1 aliphatic rings. The summed E-state index contributed by atoms with van der Waals surface area (Å²) in [7, 11) is 1.69. The van der Waals surface area contributed by atoms with Crippen LogP contribution in [0.15, 0.2) is 54.6 Å². The molecule has 0 spiro atoms. The van der Waals surface area contributed by atoms with Gasteiger partial charge in [-0.1, -0.05) is 42.5 Å². The first kappa shape index (κ1) is 18.5. The molecule has 1 fully saturated rings. The van der Waals surface area contributed by atoms with Gasteiger partial charge in [-0.05, 0) is 19.1 Å². The highest BCUT2D eigenvalue weighted by molar-refractivity contribution is 7.17. The van der Waals surface area contributed by atoms with Crippen molar-refractivity contribution in [2.45, 2.75) is 6.92 Å². The normalized spacial score (nSPS) is 14.2. The zero-order chi connectivity index (χ0) is 19.5. The summed E-state index contributed by atoms with van der Waals surface area (Å²) in [5, 5.41) is 0.897. The molecule has 0 N–H and O–H groups in total. The summed E-state index contributed by atoms with van der Waals surface area (Å²) in [6, 6.07) is 18.0. The summed E-state index contributed by atoms with van der Waals surface area (Å²) in [6.07, 6.45) is 0. The van der Waals surface area contributed by atoms with Crippen LogP contribution in [-0.4, -0.2) is 49.1 Å². The number of thiazole rings is 1. The van der Waals surface area contributed by atoms with Gasteiger partial charge in [0.25, 0.3) is 5.91 Å². The van der Waals surface area contributed by atoms with Crippen LogP contribution in [-0.2, 0) is 0 Å². The molecule has 1 aliphatic heterocycles. The van der Waals surface area contributed by atoms with E-state index in [4.69, 9.17) is 4.74 Å². The van der Waals surface area contributed by atoms with Crippen molar-refractivity contribution in [3.8, 4) is 16.3 Å². The molecule has 2 aromatic carbocycles. The van der Waals surface area contributed by atoms with Crippen LogP contribution >= 0.6 is 11.3 Å². The van der Waals surface area contributed by atoms with Crippen molar-refractivity contribution in [2.24, 2.45) is 0 Å². The number of nitrogens with zero attached hydrogens (tertiary/aromatic N) is 3. The molecular formula is C22H23N3O2S. The minimum Gasteiger partial charge on any atom is -0.495 e. The van der Waals surface area contributed by atoms with Gasteiger partial charge >= 0.3 is 0 Å². The molecule has 0 atom stereocenters. The Morgan fingerprint density at radius 2 is 1.68 bits per heavy atom. The second kappa shape index (κ2) is 8.02. The van der Waals surface area contributed by atoms with E-state index in [-0.39, 0.29) is 5.91 Å². The van der Waals surface area contributed by atoms with E-state index >= 15 is 0 Å². The molecule has 28 heavy (non-hydrogen) atoms. The lowest BCUT2D eigenvalue weighted by atomic mass is 10.2. The average molecular weight is 394 g/mol. The minimum absolute atomic E-state index is 0.0804. The van der Waals surface area contributed by atoms with Gasteiger partial charge < -0.3 is 14.5 Å². The number of anilines is 1. The van der Waals surface area contributed by atoms with Gasteiger partial charge in [0.15, 0.2) is 0 Å². The van der Waals surface area contributed by atoms with E-state index in [1.807, 2.05) is 60.4 Å². The second-order valence-corrected chi connectivity index (χ2v) is 7.75. The fourth-order valence-electron chi connectivity index (χ4n) is 3.48. The Morgan fingerprint density at radius 1 is 1.00 bits per heavy atom. The molecule has 0 radical (unpaired) electrons. The van der Waals surface area contributed by atoms with E-state index < -0.39 is 0 Å². The van der Waals surface area contributed by atoms with Crippen LogP contribution in [0.1, 0.15) is 15.4 Å². The highest BCUT2D eigenvalue weighted by atomic mass is 32.1. The molecule has 2 heterocycles. The molecule has 4 rings (SSSR count). The Bertz CT molecular complexity index is 963. The van der Waals surface area contributed by atoms with Crippen molar-refractivity contribution < 1.29 is 9.53 Å². The molecule has 5 nitrogen and oxygen atoms in total. The number of piperazine rings is 1. The monoisotopic (exact) mass is 393 g/mol. The summed E-state index contributed by atoms with van der Waals surface area (Å²) in [5.41, 5.74) is 2.94. The number of rotatable bonds is 4. The first-order chi connectivity index (χ1) is 13.7. The Hall–Kier alpha value is -2.86. The van der Waals surface area contributed by atoms with Crippen LogP contribution in [0.4, 0.5) is 5.69 Å². The quantitative estimate of drug-likeness (QED) is 0.670. The van der Waals surface area contributed by atoms with Gasteiger partial charge in [0.05, 0.1) is 18.5 Å². The van der Waals surface area contributed by atoms with E-state index in [9.17, 15) is 4.79 Å². The zero-order valence-corrected chi connectivity index (χ0v) is 16.9. The van der Waals surface area contributed by atoms with Crippen LogP contribution in [0.25, 0.3) is 10.6 Å². The molecule has 1 amide bonds. The van der Waals surface area contributed by atoms with Crippen molar-refractivity contribution >= 4 is 22.9 Å². The second-order valence-electron chi connectivity index (χ2n) is 6.75. The number of benzene rings is 2. The molecule has 0 saturated carbocycles. The lowest BCUT2D eigenvalue weighted by Crippen LogP contribution is -2.48. The van der Waals surface area contributed by atoms with Crippen LogP contribution < -0.4 is 9.64 Å². The maximum absolute atomic E-state index is 13.1. The molecule has 1 aromatic heterocycles. The summed E-state index contributed by atoms with van der Waals surface area (Å²) in [6.45, 7) is 4.87. The molecule has 0 aliphatic carbocycles. The van der Waals surface area contributed by atoms with Gasteiger partial charge in [0.1, 0.15) is 15.6 Å². The lowest BCUT2D eigenvalue weighted by molar-refractivity contribution is 0.0750. The third-order valence-corrected chi connectivity index (χ3v) is 6.20. The number of para-hydroxylation sites is 2. The van der Waals surface area contributed by atoms with Gasteiger partial charge in [-0.25, -0.2) is 4.98 Å². The number of aromatic nitrogens is 1. The van der Waals surface area contributed by atoms with Crippen molar-refractivity contribution in [1.29, 1.82) is 0 Å². The zero-order valence-electron chi connectivity index (χ0n) is 16.1. The van der Waals surface area contributed by atoms with Crippen molar-refractivity contribution in [3.63, 3.8) is 0 Å². The molecule has 0 bridgehead atoms.